The summed E-state index contributed by atoms with van der Waals surface area (Å²) in [5.74, 6) is 0.731. The average molecular weight is 201 g/mol. The Morgan fingerprint density at radius 3 is 2.93 bits per heavy atom. The van der Waals surface area contributed by atoms with E-state index < -0.39 is 5.60 Å². The molecule has 0 aliphatic carbocycles. The summed E-state index contributed by atoms with van der Waals surface area (Å²) in [7, 11) is 0. The van der Waals surface area contributed by atoms with Gasteiger partial charge in [0, 0.05) is 19.8 Å². The smallest absolute Gasteiger partial charge is 0.0740 e. The third-order valence-electron chi connectivity index (χ3n) is 3.02. The summed E-state index contributed by atoms with van der Waals surface area (Å²) in [5.41, 5.74) is -0.549. The van der Waals surface area contributed by atoms with Crippen LogP contribution in [0.15, 0.2) is 0 Å². The molecule has 3 heteroatoms. The van der Waals surface area contributed by atoms with Crippen LogP contribution in [-0.2, 0) is 4.74 Å². The van der Waals surface area contributed by atoms with Crippen molar-refractivity contribution in [1.82, 2.24) is 5.32 Å². The molecule has 0 radical (unpaired) electrons. The number of hydrogen-bond acceptors (Lipinski definition) is 3. The lowest BCUT2D eigenvalue weighted by Gasteiger charge is -2.22. The van der Waals surface area contributed by atoms with Crippen molar-refractivity contribution in [2.75, 3.05) is 26.3 Å². The number of hydrogen-bond donors (Lipinski definition) is 2. The zero-order chi connectivity index (χ0) is 10.4. The van der Waals surface area contributed by atoms with Gasteiger partial charge in [0.1, 0.15) is 0 Å². The van der Waals surface area contributed by atoms with Crippen molar-refractivity contribution in [2.45, 2.75) is 38.7 Å². The van der Waals surface area contributed by atoms with Crippen LogP contribution in [0, 0.1) is 5.92 Å². The molecular formula is C11H23NO2. The second-order valence-corrected chi connectivity index (χ2v) is 4.55. The quantitative estimate of drug-likeness (QED) is 0.634. The van der Waals surface area contributed by atoms with Gasteiger partial charge in [0.05, 0.1) is 5.60 Å². The van der Waals surface area contributed by atoms with E-state index in [2.05, 4.69) is 5.32 Å². The molecule has 1 aliphatic rings. The maximum atomic E-state index is 9.73. The lowest BCUT2D eigenvalue weighted by molar-refractivity contribution is 0.0556. The SMILES string of the molecule is CCC(C)(O)CNCCC1CCOC1. The van der Waals surface area contributed by atoms with Crippen LogP contribution in [0.4, 0.5) is 0 Å². The van der Waals surface area contributed by atoms with E-state index in [0.29, 0.717) is 6.54 Å². The third kappa shape index (κ3) is 4.40. The Bertz CT molecular complexity index is 153. The Morgan fingerprint density at radius 1 is 1.57 bits per heavy atom. The van der Waals surface area contributed by atoms with Crippen molar-refractivity contribution in [3.8, 4) is 0 Å². The standard InChI is InChI=1S/C11H23NO2/c1-3-11(2,13)9-12-6-4-10-5-7-14-8-10/h10,12-13H,3-9H2,1-2H3. The van der Waals surface area contributed by atoms with Gasteiger partial charge in [-0.3, -0.25) is 0 Å². The summed E-state index contributed by atoms with van der Waals surface area (Å²) in [4.78, 5) is 0. The van der Waals surface area contributed by atoms with Crippen LogP contribution in [0.1, 0.15) is 33.1 Å². The van der Waals surface area contributed by atoms with Gasteiger partial charge >= 0.3 is 0 Å². The second kappa shape index (κ2) is 5.69. The van der Waals surface area contributed by atoms with Crippen LogP contribution in [0.25, 0.3) is 0 Å². The molecule has 0 amide bonds. The molecule has 1 fully saturated rings. The Balaban J connectivity index is 1.98. The molecule has 3 nitrogen and oxygen atoms in total. The number of rotatable bonds is 6. The number of aliphatic hydroxyl groups is 1. The zero-order valence-corrected chi connectivity index (χ0v) is 9.38. The molecule has 1 heterocycles. The van der Waals surface area contributed by atoms with Crippen molar-refractivity contribution in [1.29, 1.82) is 0 Å². The predicted molar refractivity (Wildman–Crippen MR) is 57.3 cm³/mol. The van der Waals surface area contributed by atoms with Gasteiger partial charge in [0.25, 0.3) is 0 Å². The lowest BCUT2D eigenvalue weighted by atomic mass is 10.0. The maximum absolute atomic E-state index is 9.73. The summed E-state index contributed by atoms with van der Waals surface area (Å²) in [6.07, 6.45) is 3.16. The molecule has 2 N–H and O–H groups in total. The minimum absolute atomic E-state index is 0.549. The van der Waals surface area contributed by atoms with E-state index >= 15 is 0 Å². The summed E-state index contributed by atoms with van der Waals surface area (Å²) in [6, 6.07) is 0. The molecule has 2 unspecified atom stereocenters. The maximum Gasteiger partial charge on any atom is 0.0740 e. The van der Waals surface area contributed by atoms with Crippen LogP contribution in [0.5, 0.6) is 0 Å². The highest BCUT2D eigenvalue weighted by Crippen LogP contribution is 2.15. The Morgan fingerprint density at radius 2 is 2.36 bits per heavy atom. The fourth-order valence-electron chi connectivity index (χ4n) is 1.60. The first-order valence-corrected chi connectivity index (χ1v) is 5.65. The van der Waals surface area contributed by atoms with Crippen molar-refractivity contribution in [2.24, 2.45) is 5.92 Å². The van der Waals surface area contributed by atoms with E-state index in [1.54, 1.807) is 0 Å². The molecule has 0 aromatic heterocycles. The largest absolute Gasteiger partial charge is 0.389 e. The molecule has 1 saturated heterocycles. The molecule has 0 spiro atoms. The van der Waals surface area contributed by atoms with Gasteiger partial charge in [-0.25, -0.2) is 0 Å². The van der Waals surface area contributed by atoms with E-state index in [9.17, 15) is 5.11 Å². The van der Waals surface area contributed by atoms with Crippen LogP contribution in [0.3, 0.4) is 0 Å². The first-order chi connectivity index (χ1) is 6.64. The average Bonchev–Trinajstić information content (AvgIpc) is 2.65. The van der Waals surface area contributed by atoms with Crippen LogP contribution in [0.2, 0.25) is 0 Å². The molecule has 2 atom stereocenters. The van der Waals surface area contributed by atoms with Gasteiger partial charge in [-0.1, -0.05) is 6.92 Å². The van der Waals surface area contributed by atoms with E-state index in [4.69, 9.17) is 4.74 Å². The van der Waals surface area contributed by atoms with Gasteiger partial charge in [-0.2, -0.15) is 0 Å². The van der Waals surface area contributed by atoms with E-state index in [1.165, 1.54) is 12.8 Å². The highest BCUT2D eigenvalue weighted by molar-refractivity contribution is 4.74. The minimum atomic E-state index is -0.549. The summed E-state index contributed by atoms with van der Waals surface area (Å²) < 4.78 is 5.30. The van der Waals surface area contributed by atoms with Crippen LogP contribution >= 0.6 is 0 Å². The monoisotopic (exact) mass is 201 g/mol. The first-order valence-electron chi connectivity index (χ1n) is 5.65. The topological polar surface area (TPSA) is 41.5 Å². The molecule has 84 valence electrons. The van der Waals surface area contributed by atoms with Crippen LogP contribution < -0.4 is 5.32 Å². The Kier molecular flexibility index (Phi) is 4.85. The minimum Gasteiger partial charge on any atom is -0.389 e. The van der Waals surface area contributed by atoms with E-state index in [0.717, 1.165) is 32.1 Å². The fraction of sp³-hybridized carbons (Fsp3) is 1.00. The van der Waals surface area contributed by atoms with Crippen molar-refractivity contribution in [3.05, 3.63) is 0 Å². The summed E-state index contributed by atoms with van der Waals surface area (Å²) in [5, 5.41) is 13.0. The number of ether oxygens (including phenoxy) is 1. The third-order valence-corrected chi connectivity index (χ3v) is 3.02. The van der Waals surface area contributed by atoms with Crippen molar-refractivity contribution < 1.29 is 9.84 Å². The van der Waals surface area contributed by atoms with Crippen LogP contribution in [-0.4, -0.2) is 37.0 Å². The predicted octanol–water partition coefficient (Wildman–Crippen LogP) is 1.16. The normalized spacial score (nSPS) is 26.4. The van der Waals surface area contributed by atoms with Gasteiger partial charge in [0.2, 0.25) is 0 Å². The molecule has 1 rings (SSSR count). The molecule has 0 bridgehead atoms. The molecule has 1 aliphatic heterocycles. The van der Waals surface area contributed by atoms with Crippen molar-refractivity contribution >= 4 is 0 Å². The molecular weight excluding hydrogens is 178 g/mol. The number of nitrogens with one attached hydrogen (secondary N) is 1. The van der Waals surface area contributed by atoms with E-state index in [1.807, 2.05) is 13.8 Å². The molecule has 0 saturated carbocycles. The molecule has 14 heavy (non-hydrogen) atoms. The van der Waals surface area contributed by atoms with Gasteiger partial charge in [-0.05, 0) is 38.6 Å². The first kappa shape index (κ1) is 12.0. The van der Waals surface area contributed by atoms with Crippen molar-refractivity contribution in [3.63, 3.8) is 0 Å². The van der Waals surface area contributed by atoms with Gasteiger partial charge in [-0.15, -0.1) is 0 Å². The highest BCUT2D eigenvalue weighted by atomic mass is 16.5. The summed E-state index contributed by atoms with van der Waals surface area (Å²) in [6.45, 7) is 7.41. The second-order valence-electron chi connectivity index (χ2n) is 4.55. The zero-order valence-electron chi connectivity index (χ0n) is 9.38. The Labute approximate surface area is 86.8 Å². The van der Waals surface area contributed by atoms with Gasteiger partial charge < -0.3 is 15.2 Å². The van der Waals surface area contributed by atoms with E-state index in [-0.39, 0.29) is 0 Å². The highest BCUT2D eigenvalue weighted by Gasteiger charge is 2.18. The van der Waals surface area contributed by atoms with Gasteiger partial charge in [0.15, 0.2) is 0 Å². The summed E-state index contributed by atoms with van der Waals surface area (Å²) >= 11 is 0. The molecule has 0 aromatic carbocycles. The Hall–Kier alpha value is -0.120. The molecule has 0 aromatic rings. The fourth-order valence-corrected chi connectivity index (χ4v) is 1.60. The lowest BCUT2D eigenvalue weighted by Crippen LogP contribution is -2.37.